The minimum Gasteiger partial charge on any atom is -0.314 e. The van der Waals surface area contributed by atoms with Crippen LogP contribution in [0.15, 0.2) is 0 Å². The van der Waals surface area contributed by atoms with Crippen molar-refractivity contribution in [3.63, 3.8) is 0 Å². The van der Waals surface area contributed by atoms with Gasteiger partial charge in [0.25, 0.3) is 0 Å². The zero-order chi connectivity index (χ0) is 15.2. The van der Waals surface area contributed by atoms with Crippen LogP contribution in [-0.4, -0.2) is 27.6 Å². The van der Waals surface area contributed by atoms with Gasteiger partial charge >= 0.3 is 0 Å². The third-order valence-electron chi connectivity index (χ3n) is 5.18. The number of fused-ring (bicyclic) bond motifs is 2. The number of hydrogen-bond donors (Lipinski definition) is 1. The highest BCUT2D eigenvalue weighted by Gasteiger charge is 2.49. The summed E-state index contributed by atoms with van der Waals surface area (Å²) in [6, 6.07) is 0.602. The average Bonchev–Trinajstić information content (AvgIpc) is 2.83. The van der Waals surface area contributed by atoms with Crippen molar-refractivity contribution in [1.29, 1.82) is 0 Å². The molecule has 21 heavy (non-hydrogen) atoms. The number of aryl methyl sites for hydroxylation is 1. The normalized spacial score (nSPS) is 28.8. The Morgan fingerprint density at radius 3 is 2.48 bits per heavy atom. The van der Waals surface area contributed by atoms with Crippen LogP contribution in [0.1, 0.15) is 58.8 Å². The molecule has 4 nitrogen and oxygen atoms in total. The first kappa shape index (κ1) is 15.0. The first-order valence-corrected chi connectivity index (χ1v) is 8.55. The number of nitrogens with zero attached hydrogens (tertiary/aromatic N) is 3. The lowest BCUT2D eigenvalue weighted by molar-refractivity contribution is 0.333. The van der Waals surface area contributed by atoms with Gasteiger partial charge in [0.1, 0.15) is 0 Å². The highest BCUT2D eigenvalue weighted by Crippen LogP contribution is 2.52. The molecule has 0 radical (unpaired) electrons. The summed E-state index contributed by atoms with van der Waals surface area (Å²) in [5.41, 5.74) is 2.69. The van der Waals surface area contributed by atoms with Gasteiger partial charge in [0.2, 0.25) is 0 Å². The Morgan fingerprint density at radius 2 is 1.86 bits per heavy atom. The third kappa shape index (κ3) is 3.01. The number of rotatable bonds is 3. The summed E-state index contributed by atoms with van der Waals surface area (Å²) in [6.07, 6.45) is 4.88. The van der Waals surface area contributed by atoms with Gasteiger partial charge in [-0.25, -0.2) is 4.68 Å². The molecule has 118 valence electrons. The van der Waals surface area contributed by atoms with Gasteiger partial charge in [0.15, 0.2) is 0 Å². The lowest BCUT2D eigenvalue weighted by Crippen LogP contribution is -2.26. The molecule has 1 aromatic heterocycles. The van der Waals surface area contributed by atoms with E-state index in [-0.39, 0.29) is 5.54 Å². The average molecular weight is 290 g/mol. The zero-order valence-electron chi connectivity index (χ0n) is 14.2. The predicted molar refractivity (Wildman–Crippen MR) is 85.3 cm³/mol. The molecule has 0 amide bonds. The summed E-state index contributed by atoms with van der Waals surface area (Å²) < 4.78 is 2.16. The van der Waals surface area contributed by atoms with Crippen LogP contribution < -0.4 is 5.32 Å². The maximum Gasteiger partial charge on any atom is 0.0859 e. The lowest BCUT2D eigenvalue weighted by atomic mass is 10.00. The van der Waals surface area contributed by atoms with Gasteiger partial charge < -0.3 is 5.32 Å². The molecule has 0 saturated heterocycles. The first-order valence-electron chi connectivity index (χ1n) is 8.55. The predicted octanol–water partition coefficient (Wildman–Crippen LogP) is 2.77. The van der Waals surface area contributed by atoms with Gasteiger partial charge in [0, 0.05) is 6.04 Å². The summed E-state index contributed by atoms with van der Waals surface area (Å²) in [6.45, 7) is 12.3. The maximum atomic E-state index is 4.47. The van der Waals surface area contributed by atoms with E-state index in [0.29, 0.717) is 6.04 Å². The highest BCUT2D eigenvalue weighted by atomic mass is 15.5. The topological polar surface area (TPSA) is 42.7 Å². The number of hydrogen-bond acceptors (Lipinski definition) is 3. The van der Waals surface area contributed by atoms with Gasteiger partial charge in [-0.2, -0.15) is 0 Å². The summed E-state index contributed by atoms with van der Waals surface area (Å²) in [7, 11) is 0. The van der Waals surface area contributed by atoms with Crippen LogP contribution in [0, 0.1) is 17.8 Å². The Morgan fingerprint density at radius 1 is 1.19 bits per heavy atom. The van der Waals surface area contributed by atoms with Crippen molar-refractivity contribution in [2.24, 2.45) is 17.8 Å². The second-order valence-corrected chi connectivity index (χ2v) is 8.20. The summed E-state index contributed by atoms with van der Waals surface area (Å²) in [5.74, 6) is 2.74. The van der Waals surface area contributed by atoms with Gasteiger partial charge in [-0.05, 0) is 70.8 Å². The molecule has 1 N–H and O–H groups in total. The van der Waals surface area contributed by atoms with E-state index in [1.54, 1.807) is 0 Å². The Hall–Kier alpha value is -0.900. The van der Waals surface area contributed by atoms with Crippen molar-refractivity contribution >= 4 is 0 Å². The van der Waals surface area contributed by atoms with Gasteiger partial charge in [-0.1, -0.05) is 19.1 Å². The Bertz CT molecular complexity index is 497. The Balaban J connectivity index is 1.68. The molecule has 2 aliphatic rings. The fourth-order valence-corrected chi connectivity index (χ4v) is 3.98. The van der Waals surface area contributed by atoms with Crippen molar-refractivity contribution in [1.82, 2.24) is 20.3 Å². The minimum absolute atomic E-state index is 0.0430. The standard InChI is InChI=1S/C17H30N4/c1-11(2)18-10-14-12-6-8-15-16(9-7-13(12)14)21(20-19-15)17(3,4)5/h11-14,18H,6-10H2,1-5H3/t12-,13+,14+/m0/s1. The molecule has 1 aromatic rings. The second-order valence-electron chi connectivity index (χ2n) is 8.20. The van der Waals surface area contributed by atoms with Crippen LogP contribution in [0.3, 0.4) is 0 Å². The molecule has 0 bridgehead atoms. The van der Waals surface area contributed by atoms with Crippen LogP contribution in [0.2, 0.25) is 0 Å². The second kappa shape index (κ2) is 5.38. The third-order valence-corrected chi connectivity index (χ3v) is 5.18. The smallest absolute Gasteiger partial charge is 0.0859 e. The van der Waals surface area contributed by atoms with Crippen LogP contribution in [-0.2, 0) is 18.4 Å². The van der Waals surface area contributed by atoms with Crippen molar-refractivity contribution < 1.29 is 0 Å². The summed E-state index contributed by atoms with van der Waals surface area (Å²) in [5, 5.41) is 12.5. The van der Waals surface area contributed by atoms with E-state index in [1.165, 1.54) is 30.8 Å². The molecule has 0 aliphatic heterocycles. The van der Waals surface area contributed by atoms with Gasteiger partial charge in [-0.15, -0.1) is 5.10 Å². The first-order chi connectivity index (χ1) is 9.88. The molecule has 2 aliphatic carbocycles. The monoisotopic (exact) mass is 290 g/mol. The Kier molecular flexibility index (Phi) is 3.85. The summed E-state index contributed by atoms with van der Waals surface area (Å²) >= 11 is 0. The van der Waals surface area contributed by atoms with Crippen LogP contribution in [0.4, 0.5) is 0 Å². The fraction of sp³-hybridized carbons (Fsp3) is 0.882. The van der Waals surface area contributed by atoms with Crippen LogP contribution in [0.25, 0.3) is 0 Å². The van der Waals surface area contributed by atoms with E-state index < -0.39 is 0 Å². The fourth-order valence-electron chi connectivity index (χ4n) is 3.98. The van der Waals surface area contributed by atoms with Crippen molar-refractivity contribution in [2.75, 3.05) is 6.54 Å². The zero-order valence-corrected chi connectivity index (χ0v) is 14.2. The molecule has 1 fully saturated rings. The van der Waals surface area contributed by atoms with E-state index in [0.717, 1.165) is 30.6 Å². The summed E-state index contributed by atoms with van der Waals surface area (Å²) in [4.78, 5) is 0. The largest absolute Gasteiger partial charge is 0.314 e. The molecule has 3 rings (SSSR count). The minimum atomic E-state index is 0.0430. The molecular weight excluding hydrogens is 260 g/mol. The van der Waals surface area contributed by atoms with Gasteiger partial charge in [0.05, 0.1) is 16.9 Å². The van der Waals surface area contributed by atoms with Crippen LogP contribution in [0.5, 0.6) is 0 Å². The quantitative estimate of drug-likeness (QED) is 0.931. The number of nitrogens with one attached hydrogen (secondary N) is 1. The maximum absolute atomic E-state index is 4.47. The van der Waals surface area contributed by atoms with Crippen molar-refractivity contribution in [3.8, 4) is 0 Å². The Labute approximate surface area is 128 Å². The van der Waals surface area contributed by atoms with E-state index in [2.05, 4.69) is 54.9 Å². The highest BCUT2D eigenvalue weighted by molar-refractivity contribution is 5.16. The molecule has 0 spiro atoms. The molecule has 3 atom stereocenters. The SMILES string of the molecule is CC(C)NC[C@H]1[C@@H]2CCc3c(nnn3C(C)(C)C)CC[C@@H]21. The molecule has 0 aromatic carbocycles. The molecule has 1 saturated carbocycles. The van der Waals surface area contributed by atoms with E-state index in [1.807, 2.05) is 0 Å². The molecular formula is C17H30N4. The molecule has 0 unspecified atom stereocenters. The molecule has 4 heteroatoms. The van der Waals surface area contributed by atoms with E-state index in [9.17, 15) is 0 Å². The van der Waals surface area contributed by atoms with Gasteiger partial charge in [-0.3, -0.25) is 0 Å². The van der Waals surface area contributed by atoms with Crippen LogP contribution >= 0.6 is 0 Å². The van der Waals surface area contributed by atoms with Crippen molar-refractivity contribution in [3.05, 3.63) is 11.4 Å². The number of aromatic nitrogens is 3. The molecule has 1 heterocycles. The van der Waals surface area contributed by atoms with E-state index in [4.69, 9.17) is 0 Å². The lowest BCUT2D eigenvalue weighted by Gasteiger charge is -2.22. The van der Waals surface area contributed by atoms with Crippen molar-refractivity contribution in [2.45, 2.75) is 71.9 Å². The van der Waals surface area contributed by atoms with E-state index >= 15 is 0 Å².